The van der Waals surface area contributed by atoms with E-state index in [0.29, 0.717) is 16.5 Å². The van der Waals surface area contributed by atoms with Crippen LogP contribution in [0.1, 0.15) is 20.8 Å². The molecule has 0 saturated heterocycles. The lowest BCUT2D eigenvalue weighted by atomic mass is 10.1. The van der Waals surface area contributed by atoms with Crippen LogP contribution in [0, 0.1) is 0 Å². The number of hydrogen-bond acceptors (Lipinski definition) is 4. The molecule has 0 aliphatic heterocycles. The van der Waals surface area contributed by atoms with Crippen molar-refractivity contribution in [2.24, 2.45) is 0 Å². The summed E-state index contributed by atoms with van der Waals surface area (Å²) >= 11 is 6.01. The topological polar surface area (TPSA) is 70.7 Å². The van der Waals surface area contributed by atoms with Gasteiger partial charge in [-0.3, -0.25) is 14.5 Å². The summed E-state index contributed by atoms with van der Waals surface area (Å²) < 4.78 is 5.06. The minimum Gasteiger partial charge on any atom is -0.495 e. The largest absolute Gasteiger partial charge is 0.495 e. The molecule has 0 atom stereocenters. The van der Waals surface area contributed by atoms with E-state index in [4.69, 9.17) is 16.3 Å². The molecule has 1 rings (SSSR count). The molecule has 0 fully saturated rings. The van der Waals surface area contributed by atoms with Gasteiger partial charge in [-0.15, -0.1) is 0 Å². The molecule has 23 heavy (non-hydrogen) atoms. The Kier molecular flexibility index (Phi) is 6.84. The third-order valence-electron chi connectivity index (χ3n) is 2.78. The fourth-order valence-corrected chi connectivity index (χ4v) is 2.21. The van der Waals surface area contributed by atoms with Gasteiger partial charge in [0.05, 0.1) is 25.2 Å². The second-order valence-electron chi connectivity index (χ2n) is 6.37. The van der Waals surface area contributed by atoms with Crippen LogP contribution in [0.25, 0.3) is 0 Å². The van der Waals surface area contributed by atoms with Gasteiger partial charge in [0.25, 0.3) is 0 Å². The number of hydrogen-bond donors (Lipinski definition) is 2. The maximum absolute atomic E-state index is 12.0. The molecule has 0 aliphatic carbocycles. The van der Waals surface area contributed by atoms with Crippen molar-refractivity contribution < 1.29 is 14.3 Å². The summed E-state index contributed by atoms with van der Waals surface area (Å²) in [7, 11) is 3.24. The first-order valence-electron chi connectivity index (χ1n) is 7.23. The summed E-state index contributed by atoms with van der Waals surface area (Å²) in [6.45, 7) is 5.97. The van der Waals surface area contributed by atoms with Crippen molar-refractivity contribution in [3.05, 3.63) is 23.2 Å². The Hall–Kier alpha value is -1.79. The van der Waals surface area contributed by atoms with E-state index < -0.39 is 0 Å². The number of anilines is 1. The number of halogens is 1. The maximum atomic E-state index is 12.0. The van der Waals surface area contributed by atoms with Crippen molar-refractivity contribution in [1.29, 1.82) is 0 Å². The SMILES string of the molecule is COc1ccc(NC(=O)CN(C)CC(=O)NC(C)(C)C)cc1Cl. The molecule has 0 saturated carbocycles. The van der Waals surface area contributed by atoms with Gasteiger partial charge in [0, 0.05) is 11.2 Å². The molecule has 0 radical (unpaired) electrons. The number of amides is 2. The summed E-state index contributed by atoms with van der Waals surface area (Å²) in [5.74, 6) is 0.193. The third kappa shape index (κ3) is 7.34. The van der Waals surface area contributed by atoms with Gasteiger partial charge in [0.2, 0.25) is 11.8 Å². The fraction of sp³-hybridized carbons (Fsp3) is 0.500. The van der Waals surface area contributed by atoms with Crippen LogP contribution in [0.3, 0.4) is 0 Å². The molecule has 6 nitrogen and oxygen atoms in total. The number of carbonyl (C=O) groups excluding carboxylic acids is 2. The zero-order valence-electron chi connectivity index (χ0n) is 14.2. The van der Waals surface area contributed by atoms with Gasteiger partial charge in [-0.1, -0.05) is 11.6 Å². The van der Waals surface area contributed by atoms with Crippen LogP contribution in [0.5, 0.6) is 5.75 Å². The van der Waals surface area contributed by atoms with Gasteiger partial charge in [-0.25, -0.2) is 0 Å². The van der Waals surface area contributed by atoms with Crippen LogP contribution in [0.4, 0.5) is 5.69 Å². The number of ether oxygens (including phenoxy) is 1. The van der Waals surface area contributed by atoms with Crippen LogP contribution in [0.2, 0.25) is 5.02 Å². The highest BCUT2D eigenvalue weighted by molar-refractivity contribution is 6.32. The Labute approximate surface area is 142 Å². The minimum atomic E-state index is -0.292. The van der Waals surface area contributed by atoms with E-state index in [0.717, 1.165) is 0 Å². The lowest BCUT2D eigenvalue weighted by Crippen LogP contribution is -2.46. The third-order valence-corrected chi connectivity index (χ3v) is 3.07. The lowest BCUT2D eigenvalue weighted by Gasteiger charge is -2.23. The smallest absolute Gasteiger partial charge is 0.238 e. The molecule has 0 aliphatic rings. The molecular weight excluding hydrogens is 318 g/mol. The van der Waals surface area contributed by atoms with Crippen molar-refractivity contribution in [3.63, 3.8) is 0 Å². The molecular formula is C16H24ClN3O3. The quantitative estimate of drug-likeness (QED) is 0.831. The molecule has 2 N–H and O–H groups in total. The second-order valence-corrected chi connectivity index (χ2v) is 6.78. The van der Waals surface area contributed by atoms with E-state index in [1.54, 1.807) is 30.1 Å². The Balaban J connectivity index is 2.50. The summed E-state index contributed by atoms with van der Waals surface area (Å²) in [4.78, 5) is 25.4. The van der Waals surface area contributed by atoms with Gasteiger partial charge >= 0.3 is 0 Å². The maximum Gasteiger partial charge on any atom is 0.238 e. The zero-order valence-corrected chi connectivity index (χ0v) is 15.0. The first kappa shape index (κ1) is 19.3. The summed E-state index contributed by atoms with van der Waals surface area (Å²) in [5.41, 5.74) is 0.286. The van der Waals surface area contributed by atoms with E-state index in [9.17, 15) is 9.59 Å². The standard InChI is InChI=1S/C16H24ClN3O3/c1-16(2,3)19-15(22)10-20(4)9-14(21)18-11-6-7-13(23-5)12(17)8-11/h6-8H,9-10H2,1-5H3,(H,18,21)(H,19,22). The monoisotopic (exact) mass is 341 g/mol. The number of benzene rings is 1. The number of carbonyl (C=O) groups is 2. The van der Waals surface area contributed by atoms with Gasteiger partial charge in [-0.2, -0.15) is 0 Å². The molecule has 0 bridgehead atoms. The Morgan fingerprint density at radius 3 is 2.35 bits per heavy atom. The van der Waals surface area contributed by atoms with Crippen LogP contribution >= 0.6 is 11.6 Å². The van der Waals surface area contributed by atoms with Crippen molar-refractivity contribution in [1.82, 2.24) is 10.2 Å². The molecule has 2 amide bonds. The Morgan fingerprint density at radius 1 is 1.22 bits per heavy atom. The summed E-state index contributed by atoms with van der Waals surface area (Å²) in [6, 6.07) is 5.00. The average Bonchev–Trinajstić information content (AvgIpc) is 2.35. The van der Waals surface area contributed by atoms with Crippen LogP contribution in [-0.2, 0) is 9.59 Å². The number of rotatable bonds is 6. The van der Waals surface area contributed by atoms with Crippen molar-refractivity contribution in [3.8, 4) is 5.75 Å². The van der Waals surface area contributed by atoms with E-state index in [1.807, 2.05) is 20.8 Å². The van der Waals surface area contributed by atoms with Crippen molar-refractivity contribution in [2.45, 2.75) is 26.3 Å². The van der Waals surface area contributed by atoms with Crippen LogP contribution in [-0.4, -0.2) is 49.5 Å². The number of methoxy groups -OCH3 is 1. The highest BCUT2D eigenvalue weighted by Crippen LogP contribution is 2.27. The number of nitrogens with one attached hydrogen (secondary N) is 2. The number of nitrogens with zero attached hydrogens (tertiary/aromatic N) is 1. The van der Waals surface area contributed by atoms with E-state index in [-0.39, 0.29) is 30.4 Å². The lowest BCUT2D eigenvalue weighted by molar-refractivity contribution is -0.124. The molecule has 0 heterocycles. The molecule has 0 aromatic heterocycles. The molecule has 1 aromatic carbocycles. The van der Waals surface area contributed by atoms with E-state index in [2.05, 4.69) is 10.6 Å². The molecule has 128 valence electrons. The van der Waals surface area contributed by atoms with Gasteiger partial charge in [0.15, 0.2) is 0 Å². The minimum absolute atomic E-state index is 0.0984. The van der Waals surface area contributed by atoms with E-state index in [1.165, 1.54) is 7.11 Å². The highest BCUT2D eigenvalue weighted by Gasteiger charge is 2.16. The normalized spacial score (nSPS) is 11.3. The first-order valence-corrected chi connectivity index (χ1v) is 7.61. The van der Waals surface area contributed by atoms with Crippen LogP contribution in [0.15, 0.2) is 18.2 Å². The second kappa shape index (κ2) is 8.17. The molecule has 0 spiro atoms. The van der Waals surface area contributed by atoms with Crippen LogP contribution < -0.4 is 15.4 Å². The zero-order chi connectivity index (χ0) is 17.6. The number of likely N-dealkylation sites (N-methyl/N-ethyl adjacent to an activating group) is 1. The Morgan fingerprint density at radius 2 is 1.83 bits per heavy atom. The molecule has 1 aromatic rings. The fourth-order valence-electron chi connectivity index (χ4n) is 1.95. The predicted octanol–water partition coefficient (Wildman–Crippen LogP) is 2.13. The van der Waals surface area contributed by atoms with Gasteiger partial charge < -0.3 is 15.4 Å². The molecule has 7 heteroatoms. The molecule has 0 unspecified atom stereocenters. The summed E-state index contributed by atoms with van der Waals surface area (Å²) in [6.07, 6.45) is 0. The highest BCUT2D eigenvalue weighted by atomic mass is 35.5. The van der Waals surface area contributed by atoms with E-state index >= 15 is 0 Å². The first-order chi connectivity index (χ1) is 10.6. The van der Waals surface area contributed by atoms with Crippen molar-refractivity contribution >= 4 is 29.1 Å². The van der Waals surface area contributed by atoms with Gasteiger partial charge in [-0.05, 0) is 46.0 Å². The van der Waals surface area contributed by atoms with Gasteiger partial charge in [0.1, 0.15) is 5.75 Å². The average molecular weight is 342 g/mol. The van der Waals surface area contributed by atoms with Crippen molar-refractivity contribution in [2.75, 3.05) is 32.6 Å². The Bertz CT molecular complexity index is 570. The predicted molar refractivity (Wildman–Crippen MR) is 92.0 cm³/mol. The summed E-state index contributed by atoms with van der Waals surface area (Å²) in [5, 5.41) is 6.00.